The summed E-state index contributed by atoms with van der Waals surface area (Å²) in [6.07, 6.45) is 83.7. The minimum atomic E-state index is -0.661. The van der Waals surface area contributed by atoms with Crippen LogP contribution in [0.15, 0.2) is 24.3 Å². The van der Waals surface area contributed by atoms with E-state index in [0.717, 1.165) is 51.4 Å². The highest BCUT2D eigenvalue weighted by Crippen LogP contribution is 2.19. The number of allylic oxidation sites excluding steroid dienone is 4. The summed E-state index contributed by atoms with van der Waals surface area (Å²) in [4.78, 5) is 24.6. The summed E-state index contributed by atoms with van der Waals surface area (Å²) < 4.78 is 5.49. The summed E-state index contributed by atoms with van der Waals surface area (Å²) in [7, 11) is 0. The molecule has 77 heavy (non-hydrogen) atoms. The number of rotatable bonds is 66. The summed E-state index contributed by atoms with van der Waals surface area (Å²) in [5, 5.41) is 23.3. The quantitative estimate of drug-likeness (QED) is 0.0320. The molecule has 0 bridgehead atoms. The molecular formula is C71H137NO5. The maximum absolute atomic E-state index is 12.5. The summed E-state index contributed by atoms with van der Waals surface area (Å²) in [6, 6.07) is -0.538. The van der Waals surface area contributed by atoms with E-state index in [-0.39, 0.29) is 18.5 Å². The van der Waals surface area contributed by atoms with Gasteiger partial charge in [-0.1, -0.05) is 346 Å². The first-order chi connectivity index (χ1) is 38.0. The van der Waals surface area contributed by atoms with Gasteiger partial charge in [-0.2, -0.15) is 0 Å². The van der Waals surface area contributed by atoms with Crippen molar-refractivity contribution in [2.24, 2.45) is 0 Å². The largest absolute Gasteiger partial charge is 0.466 e. The van der Waals surface area contributed by atoms with Crippen LogP contribution in [0.4, 0.5) is 0 Å². The van der Waals surface area contributed by atoms with Gasteiger partial charge in [0.1, 0.15) is 0 Å². The third-order valence-electron chi connectivity index (χ3n) is 16.5. The zero-order chi connectivity index (χ0) is 55.7. The molecule has 0 saturated heterocycles. The fourth-order valence-electron chi connectivity index (χ4n) is 11.1. The third kappa shape index (κ3) is 63.4. The van der Waals surface area contributed by atoms with Crippen LogP contribution in [0.25, 0.3) is 0 Å². The number of aliphatic hydroxyl groups excluding tert-OH is 2. The summed E-state index contributed by atoms with van der Waals surface area (Å²) in [5.41, 5.74) is 0. The Hall–Kier alpha value is -1.66. The van der Waals surface area contributed by atoms with Crippen LogP contribution >= 0.6 is 0 Å². The topological polar surface area (TPSA) is 95.9 Å². The lowest BCUT2D eigenvalue weighted by atomic mass is 10.0. The predicted octanol–water partition coefficient (Wildman–Crippen LogP) is 22.5. The normalized spacial score (nSPS) is 12.6. The van der Waals surface area contributed by atoms with Crippen molar-refractivity contribution in [1.82, 2.24) is 5.32 Å². The lowest BCUT2D eigenvalue weighted by Crippen LogP contribution is -2.45. The Morgan fingerprint density at radius 1 is 0.364 bits per heavy atom. The fourth-order valence-corrected chi connectivity index (χ4v) is 11.1. The van der Waals surface area contributed by atoms with Crippen LogP contribution in [0.1, 0.15) is 393 Å². The van der Waals surface area contributed by atoms with Gasteiger partial charge in [-0.15, -0.1) is 0 Å². The van der Waals surface area contributed by atoms with Gasteiger partial charge in [-0.05, 0) is 57.8 Å². The molecular weight excluding hydrogens is 947 g/mol. The Bertz CT molecular complexity index is 1200. The predicted molar refractivity (Wildman–Crippen MR) is 338 cm³/mol. The van der Waals surface area contributed by atoms with Crippen molar-refractivity contribution >= 4 is 11.9 Å². The van der Waals surface area contributed by atoms with Crippen LogP contribution in [0.3, 0.4) is 0 Å². The van der Waals surface area contributed by atoms with Crippen molar-refractivity contribution in [1.29, 1.82) is 0 Å². The van der Waals surface area contributed by atoms with Crippen LogP contribution in [0.5, 0.6) is 0 Å². The number of hydrogen-bond acceptors (Lipinski definition) is 5. The van der Waals surface area contributed by atoms with E-state index in [4.69, 9.17) is 4.74 Å². The summed E-state index contributed by atoms with van der Waals surface area (Å²) >= 11 is 0. The second-order valence-corrected chi connectivity index (χ2v) is 24.2. The first kappa shape index (κ1) is 75.3. The maximum atomic E-state index is 12.5. The monoisotopic (exact) mass is 1080 g/mol. The van der Waals surface area contributed by atoms with Gasteiger partial charge < -0.3 is 20.3 Å². The minimum Gasteiger partial charge on any atom is -0.466 e. The maximum Gasteiger partial charge on any atom is 0.305 e. The number of nitrogens with one attached hydrogen (secondary N) is 1. The van der Waals surface area contributed by atoms with Gasteiger partial charge in [0.25, 0.3) is 0 Å². The van der Waals surface area contributed by atoms with E-state index in [1.807, 2.05) is 0 Å². The van der Waals surface area contributed by atoms with Crippen LogP contribution in [-0.2, 0) is 14.3 Å². The smallest absolute Gasteiger partial charge is 0.305 e. The summed E-state index contributed by atoms with van der Waals surface area (Å²) in [5.74, 6) is -0.0220. The van der Waals surface area contributed by atoms with Crippen LogP contribution < -0.4 is 5.32 Å². The highest BCUT2D eigenvalue weighted by Gasteiger charge is 2.20. The molecule has 0 radical (unpaired) electrons. The zero-order valence-corrected chi connectivity index (χ0v) is 52.2. The van der Waals surface area contributed by atoms with Crippen LogP contribution in [0, 0.1) is 0 Å². The third-order valence-corrected chi connectivity index (χ3v) is 16.5. The van der Waals surface area contributed by atoms with Crippen LogP contribution in [-0.4, -0.2) is 47.4 Å². The number of amides is 1. The Labute approximate surface area is 481 Å². The van der Waals surface area contributed by atoms with E-state index in [0.29, 0.717) is 25.9 Å². The van der Waals surface area contributed by atoms with Crippen molar-refractivity contribution in [3.05, 3.63) is 24.3 Å². The average Bonchev–Trinajstić information content (AvgIpc) is 3.43. The van der Waals surface area contributed by atoms with Crippen molar-refractivity contribution < 1.29 is 24.5 Å². The Morgan fingerprint density at radius 2 is 0.649 bits per heavy atom. The molecule has 0 aromatic carbocycles. The van der Waals surface area contributed by atoms with Gasteiger partial charge in [-0.3, -0.25) is 9.59 Å². The van der Waals surface area contributed by atoms with Crippen molar-refractivity contribution in [2.45, 2.75) is 405 Å². The molecule has 0 saturated carbocycles. The molecule has 0 aromatic rings. The average molecular weight is 1080 g/mol. The molecule has 6 nitrogen and oxygen atoms in total. The van der Waals surface area contributed by atoms with Crippen molar-refractivity contribution in [3.63, 3.8) is 0 Å². The molecule has 0 rings (SSSR count). The van der Waals surface area contributed by atoms with E-state index >= 15 is 0 Å². The molecule has 6 heteroatoms. The van der Waals surface area contributed by atoms with Crippen LogP contribution in [0.2, 0.25) is 0 Å². The van der Waals surface area contributed by atoms with Gasteiger partial charge in [0.15, 0.2) is 0 Å². The molecule has 0 aliphatic rings. The number of ether oxygens (including phenoxy) is 1. The molecule has 0 aliphatic carbocycles. The number of unbranched alkanes of at least 4 members (excludes halogenated alkanes) is 51. The fraction of sp³-hybridized carbons (Fsp3) is 0.915. The van der Waals surface area contributed by atoms with E-state index in [2.05, 4.69) is 43.5 Å². The van der Waals surface area contributed by atoms with Gasteiger partial charge in [0.2, 0.25) is 5.91 Å². The van der Waals surface area contributed by atoms with Gasteiger partial charge in [0.05, 0.1) is 25.4 Å². The van der Waals surface area contributed by atoms with Gasteiger partial charge in [-0.25, -0.2) is 0 Å². The minimum absolute atomic E-state index is 0.00660. The highest BCUT2D eigenvalue weighted by atomic mass is 16.5. The molecule has 3 N–H and O–H groups in total. The molecule has 2 unspecified atom stereocenters. The second-order valence-electron chi connectivity index (χ2n) is 24.2. The number of carbonyl (C=O) groups excluding carboxylic acids is 2. The summed E-state index contributed by atoms with van der Waals surface area (Å²) in [6.45, 7) is 4.96. The first-order valence-corrected chi connectivity index (χ1v) is 35.1. The number of carbonyl (C=O) groups is 2. The Balaban J connectivity index is 3.33. The molecule has 0 fully saturated rings. The zero-order valence-electron chi connectivity index (χ0n) is 52.2. The van der Waals surface area contributed by atoms with Crippen molar-refractivity contribution in [2.75, 3.05) is 13.2 Å². The van der Waals surface area contributed by atoms with Gasteiger partial charge in [0, 0.05) is 12.8 Å². The molecule has 2 atom stereocenters. The standard InChI is InChI=1S/C71H137NO5/c1-3-5-7-9-11-13-15-17-19-37-41-45-49-53-57-61-65-71(76)77-66-62-58-54-50-46-42-38-34-32-30-28-26-24-22-20-21-23-25-27-29-31-33-36-40-44-48-52-56-60-64-70(75)72-68(67-73)69(74)63-59-55-51-47-43-39-35-18-16-14-12-10-8-6-4-2/h13,15,19,37,68-69,73-74H,3-12,14,16-18,20-36,38-67H2,1-2H3,(H,72,75)/b15-13-,37-19-. The SMILES string of the molecule is CCCCCC/C=C\C/C=C\CCCCCCCC(=O)OCCCCCCCCCCCCCCCCCCCCCCCCCCCCCCCC(=O)NC(CO)C(O)CCCCCCCCCCCCCCCCC. The number of aliphatic hydroxyl groups is 2. The van der Waals surface area contributed by atoms with E-state index < -0.39 is 12.1 Å². The second kappa shape index (κ2) is 66.8. The van der Waals surface area contributed by atoms with Crippen molar-refractivity contribution in [3.8, 4) is 0 Å². The lowest BCUT2D eigenvalue weighted by molar-refractivity contribution is -0.143. The molecule has 0 heterocycles. The van der Waals surface area contributed by atoms with E-state index in [1.165, 1.54) is 308 Å². The molecule has 0 aliphatic heterocycles. The molecule has 0 aromatic heterocycles. The lowest BCUT2D eigenvalue weighted by Gasteiger charge is -2.22. The molecule has 456 valence electrons. The Kier molecular flexibility index (Phi) is 65.4. The number of esters is 1. The Morgan fingerprint density at radius 3 is 1.00 bits per heavy atom. The molecule has 1 amide bonds. The van der Waals surface area contributed by atoms with Gasteiger partial charge >= 0.3 is 5.97 Å². The highest BCUT2D eigenvalue weighted by molar-refractivity contribution is 5.76. The van der Waals surface area contributed by atoms with E-state index in [9.17, 15) is 19.8 Å². The first-order valence-electron chi connectivity index (χ1n) is 35.1. The molecule has 0 spiro atoms. The number of hydrogen-bond donors (Lipinski definition) is 3. The van der Waals surface area contributed by atoms with E-state index in [1.54, 1.807) is 0 Å².